The Balaban J connectivity index is 1.65. The molecule has 1 saturated carbocycles. The minimum Gasteiger partial charge on any atom is -0.310 e. The van der Waals surface area contributed by atoms with Crippen LogP contribution in [0.4, 0.5) is 5.82 Å². The summed E-state index contributed by atoms with van der Waals surface area (Å²) in [6, 6.07) is 8.36. The fraction of sp³-hybridized carbons (Fsp3) is 0.444. The fourth-order valence-electron chi connectivity index (χ4n) is 3.29. The van der Waals surface area contributed by atoms with E-state index >= 15 is 0 Å². The van der Waals surface area contributed by atoms with E-state index < -0.39 is 15.9 Å². The molecule has 0 atom stereocenters. The Morgan fingerprint density at radius 1 is 1.22 bits per heavy atom. The van der Waals surface area contributed by atoms with Gasteiger partial charge in [0.1, 0.15) is 5.82 Å². The van der Waals surface area contributed by atoms with Gasteiger partial charge in [-0.2, -0.15) is 9.40 Å². The van der Waals surface area contributed by atoms with Crippen molar-refractivity contribution in [1.82, 2.24) is 14.1 Å². The summed E-state index contributed by atoms with van der Waals surface area (Å²) in [5.41, 5.74) is 0. The molecule has 0 spiro atoms. The van der Waals surface area contributed by atoms with Gasteiger partial charge in [-0.25, -0.2) is 13.1 Å². The van der Waals surface area contributed by atoms with Crippen LogP contribution in [0.1, 0.15) is 38.1 Å². The Morgan fingerprint density at radius 2 is 1.89 bits per heavy atom. The summed E-state index contributed by atoms with van der Waals surface area (Å²) in [5.74, 6) is 0.220. The first-order valence-corrected chi connectivity index (χ1v) is 11.2. The number of hydrogen-bond acceptors (Lipinski definition) is 4. The second-order valence-corrected chi connectivity index (χ2v) is 9.68. The van der Waals surface area contributed by atoms with Gasteiger partial charge >= 0.3 is 0 Å². The molecule has 1 aliphatic carbocycles. The molecule has 1 aromatic carbocycles. The minimum absolute atomic E-state index is 0.147. The molecule has 0 saturated heterocycles. The first-order valence-electron chi connectivity index (χ1n) is 8.93. The van der Waals surface area contributed by atoms with Gasteiger partial charge in [0, 0.05) is 17.6 Å². The van der Waals surface area contributed by atoms with E-state index in [4.69, 9.17) is 0 Å². The Morgan fingerprint density at radius 3 is 2.56 bits per heavy atom. The van der Waals surface area contributed by atoms with Gasteiger partial charge in [0.25, 0.3) is 0 Å². The Bertz CT molecular complexity index is 890. The van der Waals surface area contributed by atoms with Crippen LogP contribution in [0.2, 0.25) is 0 Å². The molecule has 0 radical (unpaired) electrons. The standard InChI is InChI=1S/C18H23BrN4O3S/c1-22(27(25,26)16-9-7-14(19)8-10-16)13-18(24)21-17-11-12-20-23(17)15-5-3-2-4-6-15/h7-12,15H,2-6,13H2,1H3,(H,21,24). The summed E-state index contributed by atoms with van der Waals surface area (Å²) in [6.07, 6.45) is 7.30. The number of nitrogens with zero attached hydrogens (tertiary/aromatic N) is 3. The highest BCUT2D eigenvalue weighted by molar-refractivity contribution is 9.10. The maximum Gasteiger partial charge on any atom is 0.243 e. The lowest BCUT2D eigenvalue weighted by atomic mass is 9.96. The van der Waals surface area contributed by atoms with Crippen LogP contribution in [-0.4, -0.2) is 42.0 Å². The summed E-state index contributed by atoms with van der Waals surface area (Å²) >= 11 is 3.28. The number of carbonyl (C=O) groups is 1. The second kappa shape index (κ2) is 8.53. The smallest absolute Gasteiger partial charge is 0.243 e. The number of likely N-dealkylation sites (N-methyl/N-ethyl adjacent to an activating group) is 1. The average molecular weight is 455 g/mol. The fourth-order valence-corrected chi connectivity index (χ4v) is 4.68. The number of aromatic nitrogens is 2. The highest BCUT2D eigenvalue weighted by Gasteiger charge is 2.24. The van der Waals surface area contributed by atoms with E-state index in [2.05, 4.69) is 26.3 Å². The number of halogens is 1. The van der Waals surface area contributed by atoms with Crippen LogP contribution < -0.4 is 5.32 Å². The van der Waals surface area contributed by atoms with Gasteiger partial charge in [-0.1, -0.05) is 35.2 Å². The molecule has 1 aromatic heterocycles. The van der Waals surface area contributed by atoms with Crippen molar-refractivity contribution in [3.63, 3.8) is 0 Å². The monoisotopic (exact) mass is 454 g/mol. The molecule has 7 nitrogen and oxygen atoms in total. The molecule has 1 heterocycles. The molecule has 1 N–H and O–H groups in total. The third-order valence-electron chi connectivity index (χ3n) is 4.75. The lowest BCUT2D eigenvalue weighted by Crippen LogP contribution is -2.35. The number of nitrogens with one attached hydrogen (secondary N) is 1. The topological polar surface area (TPSA) is 84.3 Å². The maximum absolute atomic E-state index is 12.6. The average Bonchev–Trinajstić information content (AvgIpc) is 3.10. The molecule has 27 heavy (non-hydrogen) atoms. The molecule has 0 aliphatic heterocycles. The van der Waals surface area contributed by atoms with Gasteiger partial charge in [0.15, 0.2) is 0 Å². The molecule has 1 aliphatic rings. The lowest BCUT2D eigenvalue weighted by Gasteiger charge is -2.24. The molecule has 9 heteroatoms. The molecule has 3 rings (SSSR count). The zero-order valence-electron chi connectivity index (χ0n) is 15.1. The zero-order chi connectivity index (χ0) is 19.4. The van der Waals surface area contributed by atoms with Gasteiger partial charge in [-0.15, -0.1) is 0 Å². The van der Waals surface area contributed by atoms with E-state index in [1.165, 1.54) is 25.6 Å². The van der Waals surface area contributed by atoms with Crippen molar-refractivity contribution in [2.24, 2.45) is 0 Å². The van der Waals surface area contributed by atoms with Gasteiger partial charge in [0.2, 0.25) is 15.9 Å². The Kier molecular flexibility index (Phi) is 6.33. The number of sulfonamides is 1. The van der Waals surface area contributed by atoms with Crippen molar-refractivity contribution in [2.75, 3.05) is 18.9 Å². The van der Waals surface area contributed by atoms with E-state index in [-0.39, 0.29) is 17.5 Å². The normalized spacial score (nSPS) is 15.8. The Hall–Kier alpha value is -1.71. The highest BCUT2D eigenvalue weighted by atomic mass is 79.9. The minimum atomic E-state index is -3.73. The summed E-state index contributed by atoms with van der Waals surface area (Å²) in [7, 11) is -2.33. The lowest BCUT2D eigenvalue weighted by molar-refractivity contribution is -0.116. The number of rotatable bonds is 6. The van der Waals surface area contributed by atoms with Crippen LogP contribution in [0.5, 0.6) is 0 Å². The van der Waals surface area contributed by atoms with E-state index in [1.54, 1.807) is 24.4 Å². The molecule has 2 aromatic rings. The second-order valence-electron chi connectivity index (χ2n) is 6.72. The van der Waals surface area contributed by atoms with E-state index in [9.17, 15) is 13.2 Å². The van der Waals surface area contributed by atoms with Crippen LogP contribution in [0.3, 0.4) is 0 Å². The molecular formula is C18H23BrN4O3S. The van der Waals surface area contributed by atoms with Crippen LogP contribution in [0, 0.1) is 0 Å². The van der Waals surface area contributed by atoms with Gasteiger partial charge in [-0.3, -0.25) is 4.79 Å². The third-order valence-corrected chi connectivity index (χ3v) is 7.09. The molecule has 0 unspecified atom stereocenters. The van der Waals surface area contributed by atoms with Crippen LogP contribution in [-0.2, 0) is 14.8 Å². The molecule has 1 fully saturated rings. The van der Waals surface area contributed by atoms with Crippen molar-refractivity contribution >= 4 is 37.7 Å². The quantitative estimate of drug-likeness (QED) is 0.724. The third kappa shape index (κ3) is 4.77. The van der Waals surface area contributed by atoms with Crippen molar-refractivity contribution < 1.29 is 13.2 Å². The molecular weight excluding hydrogens is 432 g/mol. The number of benzene rings is 1. The van der Waals surface area contributed by atoms with Gasteiger partial charge in [-0.05, 0) is 37.1 Å². The zero-order valence-corrected chi connectivity index (χ0v) is 17.5. The first kappa shape index (κ1) is 20.0. The van der Waals surface area contributed by atoms with Crippen LogP contribution >= 0.6 is 15.9 Å². The van der Waals surface area contributed by atoms with Crippen molar-refractivity contribution in [3.05, 3.63) is 41.0 Å². The Labute approximate surface area is 167 Å². The SMILES string of the molecule is CN(CC(=O)Nc1ccnn1C1CCCCC1)S(=O)(=O)c1ccc(Br)cc1. The van der Waals surface area contributed by atoms with Gasteiger partial charge in [0.05, 0.1) is 23.7 Å². The molecule has 1 amide bonds. The predicted octanol–water partition coefficient (Wildman–Crippen LogP) is 3.41. The summed E-state index contributed by atoms with van der Waals surface area (Å²) in [5, 5.41) is 7.14. The number of hydrogen-bond donors (Lipinski definition) is 1. The van der Waals surface area contributed by atoms with Crippen molar-refractivity contribution in [2.45, 2.75) is 43.0 Å². The van der Waals surface area contributed by atoms with Crippen LogP contribution in [0.25, 0.3) is 0 Å². The number of carbonyl (C=O) groups excluding carboxylic acids is 1. The maximum atomic E-state index is 12.6. The summed E-state index contributed by atoms with van der Waals surface area (Å²) in [4.78, 5) is 12.6. The van der Waals surface area contributed by atoms with E-state index in [0.29, 0.717) is 5.82 Å². The van der Waals surface area contributed by atoms with Crippen LogP contribution in [0.15, 0.2) is 45.9 Å². The van der Waals surface area contributed by atoms with E-state index in [1.807, 2.05) is 4.68 Å². The molecule has 146 valence electrons. The predicted molar refractivity (Wildman–Crippen MR) is 107 cm³/mol. The largest absolute Gasteiger partial charge is 0.310 e. The number of anilines is 1. The van der Waals surface area contributed by atoms with Crippen molar-refractivity contribution in [3.8, 4) is 0 Å². The molecule has 0 bridgehead atoms. The first-order chi connectivity index (χ1) is 12.9. The number of amides is 1. The van der Waals surface area contributed by atoms with E-state index in [0.717, 1.165) is 34.5 Å². The van der Waals surface area contributed by atoms with Gasteiger partial charge < -0.3 is 5.32 Å². The highest BCUT2D eigenvalue weighted by Crippen LogP contribution is 2.29. The van der Waals surface area contributed by atoms with Crippen molar-refractivity contribution in [1.29, 1.82) is 0 Å². The summed E-state index contributed by atoms with van der Waals surface area (Å²) in [6.45, 7) is -0.270. The summed E-state index contributed by atoms with van der Waals surface area (Å²) < 4.78 is 28.9.